The van der Waals surface area contributed by atoms with Gasteiger partial charge in [0.2, 0.25) is 5.72 Å². The van der Waals surface area contributed by atoms with Crippen LogP contribution in [0.3, 0.4) is 0 Å². The highest BCUT2D eigenvalue weighted by molar-refractivity contribution is 5.99. The number of nitrogens with zero attached hydrogens (tertiary/aromatic N) is 2. The smallest absolute Gasteiger partial charge is 0.276 e. The van der Waals surface area contributed by atoms with E-state index in [1.54, 1.807) is 36.4 Å². The van der Waals surface area contributed by atoms with Crippen molar-refractivity contribution in [3.8, 4) is 6.07 Å². The summed E-state index contributed by atoms with van der Waals surface area (Å²) in [5.74, 6) is -0.363. The number of carbonyl (C=O) groups excluding carboxylic acids is 1. The summed E-state index contributed by atoms with van der Waals surface area (Å²) in [6, 6.07) is 16.2. The third kappa shape index (κ3) is 5.33. The number of benzene rings is 2. The number of para-hydroxylation sites is 1. The van der Waals surface area contributed by atoms with Gasteiger partial charge in [0.05, 0.1) is 41.6 Å². The molecule has 0 radical (unpaired) electrons. The number of nitrogens with one attached hydrogen (secondary N) is 2. The quantitative estimate of drug-likeness (QED) is 0.659. The van der Waals surface area contributed by atoms with E-state index in [2.05, 4.69) is 28.9 Å². The molecule has 29 heavy (non-hydrogen) atoms. The van der Waals surface area contributed by atoms with Gasteiger partial charge in [0, 0.05) is 0 Å². The van der Waals surface area contributed by atoms with Gasteiger partial charge in [-0.3, -0.25) is 9.63 Å². The second-order valence-corrected chi connectivity index (χ2v) is 7.11. The van der Waals surface area contributed by atoms with Crippen molar-refractivity contribution in [1.82, 2.24) is 5.48 Å². The molecule has 1 unspecified atom stereocenters. The second kappa shape index (κ2) is 9.22. The SMILES string of the molecule is CCCC1=NOC(C)(Nc2ccccc2C(=O)NOCc2ccc(C#N)cc2)C1. The van der Waals surface area contributed by atoms with Crippen LogP contribution in [0, 0.1) is 11.3 Å². The number of oxime groups is 1. The molecule has 0 saturated carbocycles. The van der Waals surface area contributed by atoms with E-state index in [-0.39, 0.29) is 12.5 Å². The van der Waals surface area contributed by atoms with Crippen molar-refractivity contribution in [3.63, 3.8) is 0 Å². The van der Waals surface area contributed by atoms with Gasteiger partial charge in [0.1, 0.15) is 0 Å². The van der Waals surface area contributed by atoms with Crippen LogP contribution in [0.4, 0.5) is 5.69 Å². The average Bonchev–Trinajstić information content (AvgIpc) is 3.09. The van der Waals surface area contributed by atoms with Crippen LogP contribution < -0.4 is 10.8 Å². The Morgan fingerprint density at radius 2 is 2.03 bits per heavy atom. The zero-order valence-corrected chi connectivity index (χ0v) is 16.6. The maximum Gasteiger partial charge on any atom is 0.276 e. The summed E-state index contributed by atoms with van der Waals surface area (Å²) >= 11 is 0. The number of rotatable bonds is 8. The zero-order chi connectivity index (χ0) is 20.7. The lowest BCUT2D eigenvalue weighted by Gasteiger charge is -2.25. The molecule has 1 amide bonds. The van der Waals surface area contributed by atoms with Gasteiger partial charge < -0.3 is 10.2 Å². The van der Waals surface area contributed by atoms with Crippen LogP contribution in [0.15, 0.2) is 53.7 Å². The summed E-state index contributed by atoms with van der Waals surface area (Å²) in [6.07, 6.45) is 2.56. The maximum atomic E-state index is 12.6. The third-order valence-corrected chi connectivity index (χ3v) is 4.51. The number of carbonyl (C=O) groups is 1. The highest BCUT2D eigenvalue weighted by Gasteiger charge is 2.34. The minimum absolute atomic E-state index is 0.197. The fourth-order valence-corrected chi connectivity index (χ4v) is 3.10. The normalized spacial score (nSPS) is 17.8. The van der Waals surface area contributed by atoms with Crippen LogP contribution in [-0.2, 0) is 16.3 Å². The number of amides is 1. The van der Waals surface area contributed by atoms with Gasteiger partial charge in [-0.05, 0) is 43.2 Å². The molecule has 0 aromatic heterocycles. The van der Waals surface area contributed by atoms with Crippen LogP contribution in [0.5, 0.6) is 0 Å². The molecule has 0 saturated heterocycles. The summed E-state index contributed by atoms with van der Waals surface area (Å²) < 4.78 is 0. The first-order chi connectivity index (χ1) is 14.0. The number of hydrogen-bond acceptors (Lipinski definition) is 6. The maximum absolute atomic E-state index is 12.6. The number of nitriles is 1. The van der Waals surface area contributed by atoms with Gasteiger partial charge in [-0.2, -0.15) is 5.26 Å². The van der Waals surface area contributed by atoms with Crippen LogP contribution >= 0.6 is 0 Å². The Bertz CT molecular complexity index is 934. The first-order valence-corrected chi connectivity index (χ1v) is 9.55. The Balaban J connectivity index is 1.59. The van der Waals surface area contributed by atoms with E-state index in [1.165, 1.54) is 0 Å². The van der Waals surface area contributed by atoms with E-state index in [9.17, 15) is 4.79 Å². The fraction of sp³-hybridized carbons (Fsp3) is 0.318. The van der Waals surface area contributed by atoms with Crippen LogP contribution in [0.2, 0.25) is 0 Å². The van der Waals surface area contributed by atoms with Crippen molar-refractivity contribution in [1.29, 1.82) is 5.26 Å². The van der Waals surface area contributed by atoms with E-state index in [1.807, 2.05) is 19.1 Å². The largest absolute Gasteiger partial charge is 0.367 e. The van der Waals surface area contributed by atoms with Gasteiger partial charge in [-0.15, -0.1) is 0 Å². The first kappa shape index (κ1) is 20.4. The molecule has 1 aliphatic rings. The zero-order valence-electron chi connectivity index (χ0n) is 16.6. The molecule has 2 aromatic carbocycles. The first-order valence-electron chi connectivity index (χ1n) is 9.55. The number of hydrogen-bond donors (Lipinski definition) is 2. The van der Waals surface area contributed by atoms with E-state index in [4.69, 9.17) is 14.9 Å². The molecule has 0 fully saturated rings. The Kier molecular flexibility index (Phi) is 6.47. The van der Waals surface area contributed by atoms with Gasteiger partial charge >= 0.3 is 0 Å². The van der Waals surface area contributed by atoms with Crippen molar-refractivity contribution in [2.24, 2.45) is 5.16 Å². The van der Waals surface area contributed by atoms with Gasteiger partial charge in [0.25, 0.3) is 5.91 Å². The summed E-state index contributed by atoms with van der Waals surface area (Å²) in [6.45, 7) is 4.21. The molecule has 0 aliphatic carbocycles. The molecular formula is C22H24N4O3. The molecule has 3 rings (SSSR count). The van der Waals surface area contributed by atoms with E-state index >= 15 is 0 Å². The highest BCUT2D eigenvalue weighted by Crippen LogP contribution is 2.29. The number of hydroxylamine groups is 1. The van der Waals surface area contributed by atoms with Crippen LogP contribution in [0.25, 0.3) is 0 Å². The summed E-state index contributed by atoms with van der Waals surface area (Å²) in [4.78, 5) is 23.6. The Hall–Kier alpha value is -3.37. The predicted molar refractivity (Wildman–Crippen MR) is 110 cm³/mol. The molecular weight excluding hydrogens is 368 g/mol. The molecule has 7 heteroatoms. The lowest BCUT2D eigenvalue weighted by atomic mass is 10.0. The monoisotopic (exact) mass is 392 g/mol. The topological polar surface area (TPSA) is 95.7 Å². The summed E-state index contributed by atoms with van der Waals surface area (Å²) in [5.41, 5.74) is 5.30. The lowest BCUT2D eigenvalue weighted by Crippen LogP contribution is -2.36. The van der Waals surface area contributed by atoms with E-state index in [0.29, 0.717) is 23.2 Å². The van der Waals surface area contributed by atoms with E-state index in [0.717, 1.165) is 24.1 Å². The minimum Gasteiger partial charge on any atom is -0.367 e. The molecule has 150 valence electrons. The summed E-state index contributed by atoms with van der Waals surface area (Å²) in [5, 5.41) is 16.3. The standard InChI is InChI=1S/C22H24N4O3/c1-3-6-18-13-22(2,29-25-18)24-20-8-5-4-7-19(20)21(27)26-28-15-17-11-9-16(14-23)10-12-17/h4-5,7-12,24H,3,6,13,15H2,1-2H3,(H,26,27). The van der Waals surface area contributed by atoms with Crippen molar-refractivity contribution < 1.29 is 14.5 Å². The van der Waals surface area contributed by atoms with Crippen LogP contribution in [-0.4, -0.2) is 17.3 Å². The van der Waals surface area contributed by atoms with E-state index < -0.39 is 5.72 Å². The predicted octanol–water partition coefficient (Wildman–Crippen LogP) is 4.12. The van der Waals surface area contributed by atoms with Gasteiger partial charge in [-0.25, -0.2) is 5.48 Å². The van der Waals surface area contributed by atoms with Crippen molar-refractivity contribution in [2.75, 3.05) is 5.32 Å². The Morgan fingerprint density at radius 1 is 1.28 bits per heavy atom. The highest BCUT2D eigenvalue weighted by atomic mass is 16.7. The Morgan fingerprint density at radius 3 is 2.76 bits per heavy atom. The minimum atomic E-state index is -0.690. The molecule has 1 atom stereocenters. The second-order valence-electron chi connectivity index (χ2n) is 7.11. The molecule has 7 nitrogen and oxygen atoms in total. The molecule has 2 aromatic rings. The van der Waals surface area contributed by atoms with Crippen molar-refractivity contribution in [3.05, 3.63) is 65.2 Å². The molecule has 1 heterocycles. The molecule has 2 N–H and O–H groups in total. The molecule has 0 spiro atoms. The van der Waals surface area contributed by atoms with Crippen LogP contribution in [0.1, 0.15) is 54.6 Å². The van der Waals surface area contributed by atoms with Gasteiger partial charge in [-0.1, -0.05) is 42.8 Å². The fourth-order valence-electron chi connectivity index (χ4n) is 3.10. The van der Waals surface area contributed by atoms with Crippen molar-refractivity contribution >= 4 is 17.3 Å². The number of anilines is 1. The van der Waals surface area contributed by atoms with Crippen molar-refractivity contribution in [2.45, 2.75) is 45.4 Å². The average molecular weight is 392 g/mol. The lowest BCUT2D eigenvalue weighted by molar-refractivity contribution is 0.0192. The van der Waals surface area contributed by atoms with Gasteiger partial charge in [0.15, 0.2) is 0 Å². The third-order valence-electron chi connectivity index (χ3n) is 4.51. The molecule has 1 aliphatic heterocycles. The Labute approximate surface area is 170 Å². The summed E-state index contributed by atoms with van der Waals surface area (Å²) in [7, 11) is 0. The molecule has 0 bridgehead atoms.